The summed E-state index contributed by atoms with van der Waals surface area (Å²) in [5.74, 6) is -3.41. The highest BCUT2D eigenvalue weighted by Gasteiger charge is 2.29. The third kappa shape index (κ3) is 5.24. The van der Waals surface area contributed by atoms with Crippen LogP contribution in [0.15, 0.2) is 0 Å². The molecule has 2 atom stereocenters. The molecule has 0 saturated carbocycles. The minimum atomic E-state index is -1.10. The van der Waals surface area contributed by atoms with Gasteiger partial charge >= 0.3 is 11.9 Å². The first-order valence-electron chi connectivity index (χ1n) is 4.92. The van der Waals surface area contributed by atoms with Gasteiger partial charge in [-0.25, -0.2) is 0 Å². The van der Waals surface area contributed by atoms with Gasteiger partial charge < -0.3 is 19.7 Å². The molecule has 2 unspecified atom stereocenters. The second-order valence-electron chi connectivity index (χ2n) is 3.66. The number of rotatable bonds is 8. The number of aliphatic carboxylic acids is 2. The van der Waals surface area contributed by atoms with Gasteiger partial charge in [0.15, 0.2) is 0 Å². The molecule has 0 amide bonds. The molecule has 0 spiro atoms. The van der Waals surface area contributed by atoms with E-state index in [0.717, 1.165) is 0 Å². The molecular formula is C9H18O6Si. The van der Waals surface area contributed by atoms with Crippen molar-refractivity contribution in [3.8, 4) is 0 Å². The Hall–Kier alpha value is -0.923. The molecular weight excluding hydrogens is 232 g/mol. The van der Waals surface area contributed by atoms with E-state index >= 15 is 0 Å². The van der Waals surface area contributed by atoms with Crippen molar-refractivity contribution in [3.05, 3.63) is 0 Å². The van der Waals surface area contributed by atoms with Crippen molar-refractivity contribution in [2.45, 2.75) is 24.8 Å². The summed E-state index contributed by atoms with van der Waals surface area (Å²) < 4.78 is 10.0. The molecule has 0 aliphatic rings. The molecule has 0 aliphatic heterocycles. The number of carbonyl (C=O) groups is 2. The molecule has 0 saturated heterocycles. The second-order valence-corrected chi connectivity index (χ2v) is 6.08. The Morgan fingerprint density at radius 1 is 1.25 bits per heavy atom. The van der Waals surface area contributed by atoms with E-state index in [1.807, 2.05) is 0 Å². The van der Waals surface area contributed by atoms with Crippen LogP contribution in [-0.4, -0.2) is 51.8 Å². The van der Waals surface area contributed by atoms with Crippen molar-refractivity contribution in [2.75, 3.05) is 14.2 Å². The number of hydrogen-bond acceptors (Lipinski definition) is 4. The maximum atomic E-state index is 10.9. The third-order valence-electron chi connectivity index (χ3n) is 2.49. The van der Waals surface area contributed by atoms with E-state index in [4.69, 9.17) is 19.7 Å². The fourth-order valence-corrected chi connectivity index (χ4v) is 3.17. The van der Waals surface area contributed by atoms with Gasteiger partial charge in [-0.1, -0.05) is 6.92 Å². The fourth-order valence-electron chi connectivity index (χ4n) is 1.48. The van der Waals surface area contributed by atoms with Gasteiger partial charge in [0.05, 0.1) is 21.9 Å². The van der Waals surface area contributed by atoms with E-state index in [0.29, 0.717) is 0 Å². The van der Waals surface area contributed by atoms with Crippen molar-refractivity contribution in [1.82, 2.24) is 0 Å². The zero-order valence-corrected chi connectivity index (χ0v) is 11.1. The van der Waals surface area contributed by atoms with Crippen LogP contribution in [0, 0.1) is 5.92 Å². The predicted molar refractivity (Wildman–Crippen MR) is 59.2 cm³/mol. The van der Waals surface area contributed by atoms with Gasteiger partial charge in [-0.05, 0) is 5.54 Å². The van der Waals surface area contributed by atoms with Crippen molar-refractivity contribution >= 4 is 21.5 Å². The first-order valence-corrected chi connectivity index (χ1v) is 6.55. The molecule has 0 aromatic carbocycles. The lowest BCUT2D eigenvalue weighted by Crippen LogP contribution is -2.31. The fraction of sp³-hybridized carbons (Fsp3) is 0.778. The minimum Gasteiger partial charge on any atom is -0.481 e. The van der Waals surface area contributed by atoms with E-state index in [-0.39, 0.29) is 17.9 Å². The Balaban J connectivity index is 4.42. The minimum absolute atomic E-state index is 0.196. The van der Waals surface area contributed by atoms with Crippen LogP contribution in [0.1, 0.15) is 13.3 Å². The Kier molecular flexibility index (Phi) is 6.94. The Morgan fingerprint density at radius 2 is 1.75 bits per heavy atom. The van der Waals surface area contributed by atoms with Gasteiger partial charge in [0.2, 0.25) is 0 Å². The summed E-state index contributed by atoms with van der Waals surface area (Å²) in [5, 5.41) is 17.5. The standard InChI is InChI=1S/C9H18O6Si/c1-5(16-9(14-2)15-3)6(8(12)13)4-7(10)11/h5-6,9H,4,16H2,1-3H3,(H,10,11)(H,12,13). The molecule has 0 rings (SSSR count). The zero-order valence-electron chi connectivity index (χ0n) is 9.67. The number of hydrogen-bond donors (Lipinski definition) is 2. The van der Waals surface area contributed by atoms with E-state index in [9.17, 15) is 9.59 Å². The second kappa shape index (κ2) is 7.37. The molecule has 0 aromatic heterocycles. The topological polar surface area (TPSA) is 93.1 Å². The molecule has 0 fully saturated rings. The largest absolute Gasteiger partial charge is 0.481 e. The predicted octanol–water partition coefficient (Wildman–Crippen LogP) is -0.285. The van der Waals surface area contributed by atoms with Gasteiger partial charge in [0.1, 0.15) is 5.91 Å². The van der Waals surface area contributed by atoms with Crippen LogP contribution in [0.4, 0.5) is 0 Å². The molecule has 0 heterocycles. The van der Waals surface area contributed by atoms with E-state index in [1.54, 1.807) is 6.92 Å². The summed E-state index contributed by atoms with van der Waals surface area (Å²) in [6.45, 7) is 1.74. The first kappa shape index (κ1) is 15.1. The summed E-state index contributed by atoms with van der Waals surface area (Å²) in [4.78, 5) is 21.4. The molecule has 94 valence electrons. The Morgan fingerprint density at radius 3 is 2.06 bits per heavy atom. The van der Waals surface area contributed by atoms with Crippen LogP contribution < -0.4 is 0 Å². The first-order chi connectivity index (χ1) is 7.42. The third-order valence-corrected chi connectivity index (χ3v) is 4.85. The van der Waals surface area contributed by atoms with Crippen molar-refractivity contribution < 1.29 is 29.3 Å². The van der Waals surface area contributed by atoms with Crippen molar-refractivity contribution in [3.63, 3.8) is 0 Å². The van der Waals surface area contributed by atoms with Crippen LogP contribution in [0.2, 0.25) is 5.54 Å². The molecule has 0 aliphatic carbocycles. The monoisotopic (exact) mass is 250 g/mol. The molecule has 7 heteroatoms. The van der Waals surface area contributed by atoms with Crippen LogP contribution in [0.3, 0.4) is 0 Å². The Labute approximate surface area is 96.4 Å². The number of carboxylic acids is 2. The van der Waals surface area contributed by atoms with Gasteiger partial charge in [0.25, 0.3) is 0 Å². The molecule has 0 radical (unpaired) electrons. The summed E-state index contributed by atoms with van der Waals surface area (Å²) >= 11 is 0. The lowest BCUT2D eigenvalue weighted by molar-refractivity contribution is -0.148. The highest BCUT2D eigenvalue weighted by Crippen LogP contribution is 2.22. The van der Waals surface area contributed by atoms with Crippen molar-refractivity contribution in [2.24, 2.45) is 5.92 Å². The highest BCUT2D eigenvalue weighted by molar-refractivity contribution is 6.39. The van der Waals surface area contributed by atoms with Gasteiger partial charge in [0, 0.05) is 14.2 Å². The summed E-state index contributed by atoms with van der Waals surface area (Å²) in [6.07, 6.45) is -0.357. The number of ether oxygens (including phenoxy) is 2. The van der Waals surface area contributed by atoms with Gasteiger partial charge in [-0.15, -0.1) is 0 Å². The average Bonchev–Trinajstić information content (AvgIpc) is 2.21. The van der Waals surface area contributed by atoms with Crippen molar-refractivity contribution in [1.29, 1.82) is 0 Å². The zero-order chi connectivity index (χ0) is 12.7. The smallest absolute Gasteiger partial charge is 0.307 e. The quantitative estimate of drug-likeness (QED) is 0.454. The summed E-state index contributed by atoms with van der Waals surface area (Å²) in [7, 11) is 2.00. The van der Waals surface area contributed by atoms with E-state index in [2.05, 4.69) is 0 Å². The van der Waals surface area contributed by atoms with Crippen LogP contribution in [0.5, 0.6) is 0 Å². The molecule has 0 aromatic rings. The van der Waals surface area contributed by atoms with Crippen LogP contribution in [-0.2, 0) is 19.1 Å². The molecule has 0 bridgehead atoms. The van der Waals surface area contributed by atoms with Crippen LogP contribution >= 0.6 is 0 Å². The van der Waals surface area contributed by atoms with Gasteiger partial charge in [-0.3, -0.25) is 9.59 Å². The Bertz CT molecular complexity index is 240. The number of carboxylic acid groups (broad SMARTS) is 2. The van der Waals surface area contributed by atoms with E-state index < -0.39 is 27.4 Å². The van der Waals surface area contributed by atoms with Crippen LogP contribution in [0.25, 0.3) is 0 Å². The lowest BCUT2D eigenvalue weighted by atomic mass is 10.0. The molecule has 16 heavy (non-hydrogen) atoms. The van der Waals surface area contributed by atoms with Gasteiger partial charge in [-0.2, -0.15) is 0 Å². The summed E-state index contributed by atoms with van der Waals surface area (Å²) in [6, 6.07) is 0. The summed E-state index contributed by atoms with van der Waals surface area (Å²) in [5.41, 5.74) is -0.196. The average molecular weight is 250 g/mol. The normalized spacial score (nSPS) is 15.5. The SMILES string of the molecule is COC(OC)[SiH2]C(C)C(CC(=O)O)C(=O)O. The highest BCUT2D eigenvalue weighted by atomic mass is 28.2. The maximum Gasteiger partial charge on any atom is 0.307 e. The van der Waals surface area contributed by atoms with E-state index in [1.165, 1.54) is 14.2 Å². The number of methoxy groups -OCH3 is 2. The lowest BCUT2D eigenvalue weighted by Gasteiger charge is -2.22. The molecule has 2 N–H and O–H groups in total. The molecule has 6 nitrogen and oxygen atoms in total. The maximum absolute atomic E-state index is 10.9.